The van der Waals surface area contributed by atoms with Gasteiger partial charge in [-0.05, 0) is 40.2 Å². The van der Waals surface area contributed by atoms with Crippen molar-refractivity contribution in [2.45, 2.75) is 58.9 Å². The molecule has 16 heteroatoms. The van der Waals surface area contributed by atoms with Gasteiger partial charge in [0.2, 0.25) is 11.8 Å². The maximum atomic E-state index is 12.7. The van der Waals surface area contributed by atoms with E-state index in [1.54, 1.807) is 51.1 Å². The third kappa shape index (κ3) is 12.9. The SMILES string of the molecule is C[C@H](NC(=O)[C@@H](C)NC(=O)N1CCN(C(=O)OC(C)(C)C)CC1)C(=O)NN(CC(N)=O)C(=O)/C=C/C(=O)OCc1ccccc1. The standard InChI is InChI=1S/C29H41N7O9/c1-19(32-27(42)34-13-15-35(16-14-34)28(43)45-29(3,4)5)25(40)31-20(2)26(41)33-36(17-22(30)37)23(38)11-12-24(39)44-18-21-9-7-6-8-10-21/h6-12,19-20H,13-18H2,1-5H3,(H2,30,37)(H,31,40)(H,32,42)(H,33,41)/b12-11+/t19-,20+/m1/s1. The number of benzene rings is 1. The van der Waals surface area contributed by atoms with E-state index in [1.165, 1.54) is 23.6 Å². The summed E-state index contributed by atoms with van der Waals surface area (Å²) >= 11 is 0. The third-order valence-electron chi connectivity index (χ3n) is 6.11. The van der Waals surface area contributed by atoms with Crippen molar-refractivity contribution >= 4 is 41.7 Å². The number of nitrogens with zero attached hydrogens (tertiary/aromatic N) is 3. The second kappa shape index (κ2) is 16.6. The fourth-order valence-electron chi connectivity index (χ4n) is 3.73. The molecule has 0 spiro atoms. The molecule has 2 rings (SSSR count). The summed E-state index contributed by atoms with van der Waals surface area (Å²) in [5.41, 5.74) is 7.46. The Hall–Kier alpha value is -5.15. The number of hydrazine groups is 1. The van der Waals surface area contributed by atoms with Crippen LogP contribution in [0.15, 0.2) is 42.5 Å². The lowest BCUT2D eigenvalue weighted by Gasteiger charge is -2.36. The largest absolute Gasteiger partial charge is 0.458 e. The number of carbonyl (C=O) groups is 7. The van der Waals surface area contributed by atoms with E-state index in [0.29, 0.717) is 5.01 Å². The number of hydrogen-bond acceptors (Lipinski definition) is 9. The molecule has 1 heterocycles. The smallest absolute Gasteiger partial charge is 0.410 e. The molecule has 1 aliphatic heterocycles. The number of primary amides is 1. The van der Waals surface area contributed by atoms with Crippen molar-refractivity contribution < 1.29 is 43.0 Å². The third-order valence-corrected chi connectivity index (χ3v) is 6.11. The van der Waals surface area contributed by atoms with E-state index in [0.717, 1.165) is 17.7 Å². The van der Waals surface area contributed by atoms with Crippen molar-refractivity contribution in [3.63, 3.8) is 0 Å². The minimum Gasteiger partial charge on any atom is -0.458 e. The Morgan fingerprint density at radius 1 is 0.889 bits per heavy atom. The number of piperazine rings is 1. The zero-order valence-corrected chi connectivity index (χ0v) is 26.0. The van der Waals surface area contributed by atoms with E-state index in [-0.39, 0.29) is 32.8 Å². The summed E-state index contributed by atoms with van der Waals surface area (Å²) in [6.07, 6.45) is 1.15. The predicted molar refractivity (Wildman–Crippen MR) is 159 cm³/mol. The molecular weight excluding hydrogens is 590 g/mol. The van der Waals surface area contributed by atoms with Crippen molar-refractivity contribution in [2.75, 3.05) is 32.7 Å². The molecule has 0 aliphatic carbocycles. The van der Waals surface area contributed by atoms with Gasteiger partial charge in [-0.25, -0.2) is 19.4 Å². The van der Waals surface area contributed by atoms with Gasteiger partial charge in [-0.1, -0.05) is 30.3 Å². The van der Waals surface area contributed by atoms with Crippen LogP contribution in [0.3, 0.4) is 0 Å². The highest BCUT2D eigenvalue weighted by atomic mass is 16.6. The van der Waals surface area contributed by atoms with Gasteiger partial charge in [0.05, 0.1) is 0 Å². The highest BCUT2D eigenvalue weighted by molar-refractivity contribution is 5.98. The lowest BCUT2D eigenvalue weighted by molar-refractivity contribution is -0.142. The zero-order chi connectivity index (χ0) is 33.7. The van der Waals surface area contributed by atoms with Crippen LogP contribution in [0.1, 0.15) is 40.2 Å². The number of urea groups is 1. The highest BCUT2D eigenvalue weighted by Crippen LogP contribution is 2.12. The summed E-state index contributed by atoms with van der Waals surface area (Å²) in [6, 6.07) is 6.04. The maximum absolute atomic E-state index is 12.7. The number of nitrogens with two attached hydrogens (primary N) is 1. The summed E-state index contributed by atoms with van der Waals surface area (Å²) < 4.78 is 10.4. The Balaban J connectivity index is 1.84. The fraction of sp³-hybridized carbons (Fsp3) is 0.483. The molecular formula is C29H41N7O9. The second-order valence-electron chi connectivity index (χ2n) is 11.1. The van der Waals surface area contributed by atoms with Gasteiger partial charge in [0.25, 0.3) is 11.8 Å². The van der Waals surface area contributed by atoms with Gasteiger partial charge in [0.1, 0.15) is 30.8 Å². The minimum absolute atomic E-state index is 0.0270. The molecule has 0 aromatic heterocycles. The van der Waals surface area contributed by atoms with E-state index >= 15 is 0 Å². The van der Waals surface area contributed by atoms with Crippen LogP contribution in [0.5, 0.6) is 0 Å². The second-order valence-corrected chi connectivity index (χ2v) is 11.1. The average Bonchev–Trinajstić information content (AvgIpc) is 2.97. The normalized spacial score (nSPS) is 14.5. The number of rotatable bonds is 10. The fourth-order valence-corrected chi connectivity index (χ4v) is 3.73. The molecule has 1 saturated heterocycles. The van der Waals surface area contributed by atoms with Gasteiger partial charge in [0.15, 0.2) is 0 Å². The topological polar surface area (TPSA) is 210 Å². The highest BCUT2D eigenvalue weighted by Gasteiger charge is 2.29. The van der Waals surface area contributed by atoms with E-state index in [2.05, 4.69) is 16.1 Å². The van der Waals surface area contributed by atoms with Crippen molar-refractivity contribution in [1.82, 2.24) is 30.9 Å². The van der Waals surface area contributed by atoms with Gasteiger partial charge in [-0.2, -0.15) is 0 Å². The molecule has 1 aliphatic rings. The van der Waals surface area contributed by atoms with Gasteiger partial charge < -0.3 is 35.6 Å². The van der Waals surface area contributed by atoms with Gasteiger partial charge >= 0.3 is 18.1 Å². The monoisotopic (exact) mass is 631 g/mol. The number of carbonyl (C=O) groups excluding carboxylic acids is 7. The molecule has 1 aromatic rings. The molecule has 246 valence electrons. The van der Waals surface area contributed by atoms with E-state index in [4.69, 9.17) is 15.2 Å². The van der Waals surface area contributed by atoms with Crippen LogP contribution in [0.4, 0.5) is 9.59 Å². The molecule has 45 heavy (non-hydrogen) atoms. The summed E-state index contributed by atoms with van der Waals surface area (Å²) in [5.74, 6) is -4.32. The van der Waals surface area contributed by atoms with Crippen LogP contribution in [0.25, 0.3) is 0 Å². The van der Waals surface area contributed by atoms with Crippen LogP contribution in [0.2, 0.25) is 0 Å². The Bertz CT molecular complexity index is 1270. The molecule has 2 atom stereocenters. The quantitative estimate of drug-likeness (QED) is 0.153. The van der Waals surface area contributed by atoms with Crippen molar-refractivity contribution in [3.05, 3.63) is 48.0 Å². The molecule has 16 nitrogen and oxygen atoms in total. The first-order valence-corrected chi connectivity index (χ1v) is 14.2. The molecule has 5 N–H and O–H groups in total. The molecule has 0 radical (unpaired) electrons. The Kier molecular flexibility index (Phi) is 13.3. The number of amides is 7. The maximum Gasteiger partial charge on any atom is 0.410 e. The summed E-state index contributed by atoms with van der Waals surface area (Å²) in [7, 11) is 0. The molecule has 1 fully saturated rings. The molecule has 1 aromatic carbocycles. The van der Waals surface area contributed by atoms with Crippen molar-refractivity contribution in [3.8, 4) is 0 Å². The van der Waals surface area contributed by atoms with Crippen LogP contribution in [0, 0.1) is 0 Å². The molecule has 0 saturated carbocycles. The van der Waals surface area contributed by atoms with Gasteiger partial charge in [-0.3, -0.25) is 24.6 Å². The Labute approximate surface area is 261 Å². The first-order chi connectivity index (χ1) is 21.1. The van der Waals surface area contributed by atoms with Crippen LogP contribution < -0.4 is 21.8 Å². The summed E-state index contributed by atoms with van der Waals surface area (Å²) in [4.78, 5) is 89.3. The average molecular weight is 632 g/mol. The van der Waals surface area contributed by atoms with Gasteiger partial charge in [0, 0.05) is 38.3 Å². The predicted octanol–water partition coefficient (Wildman–Crippen LogP) is -0.213. The number of nitrogens with one attached hydrogen (secondary N) is 3. The summed E-state index contributed by atoms with van der Waals surface area (Å²) in [6.45, 7) is 8.22. The minimum atomic E-state index is -1.21. The van der Waals surface area contributed by atoms with Crippen LogP contribution >= 0.6 is 0 Å². The van der Waals surface area contributed by atoms with Crippen molar-refractivity contribution in [2.24, 2.45) is 5.73 Å². The van der Waals surface area contributed by atoms with Gasteiger partial charge in [-0.15, -0.1) is 0 Å². The first-order valence-electron chi connectivity index (χ1n) is 14.2. The zero-order valence-electron chi connectivity index (χ0n) is 26.0. The first kappa shape index (κ1) is 36.0. The summed E-state index contributed by atoms with van der Waals surface area (Å²) in [5, 5.41) is 5.53. The van der Waals surface area contributed by atoms with Crippen molar-refractivity contribution in [1.29, 1.82) is 0 Å². The van der Waals surface area contributed by atoms with E-state index in [9.17, 15) is 33.6 Å². The van der Waals surface area contributed by atoms with Crippen LogP contribution in [-0.4, -0.2) is 107 Å². The number of esters is 1. The lowest BCUT2D eigenvalue weighted by atomic mass is 10.2. The number of ether oxygens (including phenoxy) is 2. The lowest BCUT2D eigenvalue weighted by Crippen LogP contribution is -2.58. The van der Waals surface area contributed by atoms with E-state index in [1.807, 2.05) is 0 Å². The molecule has 0 bridgehead atoms. The Morgan fingerprint density at radius 2 is 1.47 bits per heavy atom. The molecule has 0 unspecified atom stereocenters. The Morgan fingerprint density at radius 3 is 2.04 bits per heavy atom. The van der Waals surface area contributed by atoms with Crippen LogP contribution in [-0.2, 0) is 40.1 Å². The molecule has 7 amide bonds. The number of hydrogen-bond donors (Lipinski definition) is 4. The van der Waals surface area contributed by atoms with E-state index < -0.39 is 66.0 Å².